The van der Waals surface area contributed by atoms with Gasteiger partial charge in [-0.25, -0.2) is 0 Å². The number of aromatic amines is 1. The van der Waals surface area contributed by atoms with Gasteiger partial charge in [0.2, 0.25) is 0 Å². The number of aliphatic hydroxyl groups is 1. The highest BCUT2D eigenvalue weighted by Gasteiger charge is 2.37. The fourth-order valence-electron chi connectivity index (χ4n) is 2.84. The third-order valence-electron chi connectivity index (χ3n) is 4.78. The Labute approximate surface area is 159 Å². The molecule has 0 amide bonds. The van der Waals surface area contributed by atoms with Crippen LogP contribution in [0.15, 0.2) is 72.9 Å². The SMILES string of the molecule is CC(C)(C(O)COc1ccc(-c2ccccc2)cc1)C(Cl)c1ccc[nH]1. The van der Waals surface area contributed by atoms with Crippen LogP contribution in [0.2, 0.25) is 0 Å². The average Bonchev–Trinajstić information content (AvgIpc) is 3.21. The number of hydrogen-bond acceptors (Lipinski definition) is 2. The molecule has 0 aliphatic heterocycles. The maximum Gasteiger partial charge on any atom is 0.119 e. The van der Waals surface area contributed by atoms with Crippen molar-refractivity contribution in [2.24, 2.45) is 5.41 Å². The molecule has 2 unspecified atom stereocenters. The first-order valence-corrected chi connectivity index (χ1v) is 9.16. The van der Waals surface area contributed by atoms with E-state index in [9.17, 15) is 5.11 Å². The van der Waals surface area contributed by atoms with E-state index in [2.05, 4.69) is 17.1 Å². The summed E-state index contributed by atoms with van der Waals surface area (Å²) in [7, 11) is 0. The van der Waals surface area contributed by atoms with Crippen LogP contribution in [0.1, 0.15) is 24.9 Å². The highest BCUT2D eigenvalue weighted by atomic mass is 35.5. The Bertz CT molecular complexity index is 798. The van der Waals surface area contributed by atoms with Gasteiger partial charge in [-0.1, -0.05) is 56.3 Å². The Hall–Kier alpha value is -2.23. The van der Waals surface area contributed by atoms with Crippen molar-refractivity contribution in [3.05, 3.63) is 78.6 Å². The number of hydrogen-bond donors (Lipinski definition) is 2. The smallest absolute Gasteiger partial charge is 0.119 e. The van der Waals surface area contributed by atoms with Gasteiger partial charge < -0.3 is 14.8 Å². The minimum Gasteiger partial charge on any atom is -0.491 e. The summed E-state index contributed by atoms with van der Waals surface area (Å²) in [6.07, 6.45) is 1.12. The lowest BCUT2D eigenvalue weighted by molar-refractivity contribution is 0.00857. The lowest BCUT2D eigenvalue weighted by Gasteiger charge is -2.34. The molecular formula is C22H24ClNO2. The molecular weight excluding hydrogens is 346 g/mol. The summed E-state index contributed by atoms with van der Waals surface area (Å²) in [5, 5.41) is 10.3. The summed E-state index contributed by atoms with van der Waals surface area (Å²) >= 11 is 6.56. The summed E-state index contributed by atoms with van der Waals surface area (Å²) in [6.45, 7) is 4.07. The van der Waals surface area contributed by atoms with Gasteiger partial charge in [0.25, 0.3) is 0 Å². The van der Waals surface area contributed by atoms with Gasteiger partial charge in [0.15, 0.2) is 0 Å². The number of halogens is 1. The van der Waals surface area contributed by atoms with Crippen LogP contribution in [0.3, 0.4) is 0 Å². The highest BCUT2D eigenvalue weighted by Crippen LogP contribution is 2.41. The van der Waals surface area contributed by atoms with Crippen molar-refractivity contribution < 1.29 is 9.84 Å². The molecule has 136 valence electrons. The molecule has 1 heterocycles. The molecule has 0 fully saturated rings. The first kappa shape index (κ1) is 18.6. The minimum absolute atomic E-state index is 0.182. The van der Waals surface area contributed by atoms with Crippen LogP contribution in [0.25, 0.3) is 11.1 Å². The summed E-state index contributed by atoms with van der Waals surface area (Å²) in [5.74, 6) is 0.727. The van der Waals surface area contributed by atoms with Crippen molar-refractivity contribution in [3.8, 4) is 16.9 Å². The molecule has 0 bridgehead atoms. The van der Waals surface area contributed by atoms with Gasteiger partial charge in [0, 0.05) is 17.3 Å². The summed E-state index contributed by atoms with van der Waals surface area (Å²) in [5.41, 5.74) is 2.64. The topological polar surface area (TPSA) is 45.2 Å². The van der Waals surface area contributed by atoms with Crippen molar-refractivity contribution in [3.63, 3.8) is 0 Å². The van der Waals surface area contributed by atoms with E-state index in [1.54, 1.807) is 0 Å². The number of H-pyrrole nitrogens is 1. The van der Waals surface area contributed by atoms with Gasteiger partial charge in [-0.2, -0.15) is 0 Å². The predicted molar refractivity (Wildman–Crippen MR) is 107 cm³/mol. The zero-order valence-corrected chi connectivity index (χ0v) is 15.8. The first-order valence-electron chi connectivity index (χ1n) is 8.72. The number of aliphatic hydroxyl groups excluding tert-OH is 1. The lowest BCUT2D eigenvalue weighted by Crippen LogP contribution is -2.37. The molecule has 0 radical (unpaired) electrons. The second-order valence-corrected chi connectivity index (χ2v) is 7.46. The van der Waals surface area contributed by atoms with E-state index in [1.807, 2.05) is 74.6 Å². The maximum absolute atomic E-state index is 10.6. The van der Waals surface area contributed by atoms with E-state index < -0.39 is 11.5 Å². The Balaban J connectivity index is 1.61. The van der Waals surface area contributed by atoms with E-state index in [4.69, 9.17) is 16.3 Å². The number of nitrogens with one attached hydrogen (secondary N) is 1. The van der Waals surface area contributed by atoms with Crippen LogP contribution < -0.4 is 4.74 Å². The van der Waals surface area contributed by atoms with Gasteiger partial charge in [0.1, 0.15) is 12.4 Å². The monoisotopic (exact) mass is 369 g/mol. The van der Waals surface area contributed by atoms with Crippen LogP contribution >= 0.6 is 11.6 Å². The Morgan fingerprint density at radius 2 is 1.62 bits per heavy atom. The summed E-state index contributed by atoms with van der Waals surface area (Å²) in [6, 6.07) is 21.9. The highest BCUT2D eigenvalue weighted by molar-refractivity contribution is 6.21. The number of aromatic nitrogens is 1. The number of rotatable bonds is 7. The second-order valence-electron chi connectivity index (χ2n) is 7.03. The summed E-state index contributed by atoms with van der Waals surface area (Å²) in [4.78, 5) is 3.11. The molecule has 0 aliphatic carbocycles. The summed E-state index contributed by atoms with van der Waals surface area (Å²) < 4.78 is 5.79. The van der Waals surface area contributed by atoms with Crippen LogP contribution in [0.5, 0.6) is 5.75 Å². The van der Waals surface area contributed by atoms with Crippen molar-refractivity contribution in [1.29, 1.82) is 0 Å². The molecule has 3 rings (SSSR count). The van der Waals surface area contributed by atoms with E-state index in [0.29, 0.717) is 0 Å². The molecule has 1 aromatic heterocycles. The van der Waals surface area contributed by atoms with Gasteiger partial charge in [-0.05, 0) is 35.4 Å². The maximum atomic E-state index is 10.6. The van der Waals surface area contributed by atoms with E-state index in [0.717, 1.165) is 22.6 Å². The molecule has 2 aromatic carbocycles. The Kier molecular flexibility index (Phi) is 5.70. The van der Waals surface area contributed by atoms with Crippen molar-refractivity contribution in [2.45, 2.75) is 25.3 Å². The molecule has 0 saturated heterocycles. The zero-order chi connectivity index (χ0) is 18.6. The van der Waals surface area contributed by atoms with Crippen molar-refractivity contribution >= 4 is 11.6 Å². The molecule has 2 atom stereocenters. The molecule has 4 heteroatoms. The van der Waals surface area contributed by atoms with Gasteiger partial charge >= 0.3 is 0 Å². The largest absolute Gasteiger partial charge is 0.491 e. The Morgan fingerprint density at radius 3 is 2.23 bits per heavy atom. The van der Waals surface area contributed by atoms with E-state index >= 15 is 0 Å². The van der Waals surface area contributed by atoms with Crippen LogP contribution in [-0.4, -0.2) is 22.8 Å². The van der Waals surface area contributed by atoms with Gasteiger partial charge in [-0.15, -0.1) is 11.6 Å². The van der Waals surface area contributed by atoms with Crippen molar-refractivity contribution in [2.75, 3.05) is 6.61 Å². The third-order valence-corrected chi connectivity index (χ3v) is 5.57. The van der Waals surface area contributed by atoms with E-state index in [1.165, 1.54) is 0 Å². The molecule has 3 nitrogen and oxygen atoms in total. The Morgan fingerprint density at radius 1 is 0.962 bits per heavy atom. The standard InChI is InChI=1S/C22H24ClNO2/c1-22(2,21(23)19-9-6-14-24-19)20(25)15-26-18-12-10-17(11-13-18)16-7-4-3-5-8-16/h3-14,20-21,24-25H,15H2,1-2H3. The van der Waals surface area contributed by atoms with Crippen LogP contribution in [0.4, 0.5) is 0 Å². The number of benzene rings is 2. The van der Waals surface area contributed by atoms with Gasteiger partial charge in [0.05, 0.1) is 11.5 Å². The number of ether oxygens (including phenoxy) is 1. The lowest BCUT2D eigenvalue weighted by atomic mass is 9.81. The minimum atomic E-state index is -0.706. The third kappa shape index (κ3) is 4.12. The van der Waals surface area contributed by atoms with Crippen LogP contribution in [-0.2, 0) is 0 Å². The second kappa shape index (κ2) is 7.98. The fourth-order valence-corrected chi connectivity index (χ4v) is 3.12. The average molecular weight is 370 g/mol. The molecule has 3 aromatic rings. The molecule has 2 N–H and O–H groups in total. The van der Waals surface area contributed by atoms with E-state index in [-0.39, 0.29) is 12.0 Å². The molecule has 0 aliphatic rings. The van der Waals surface area contributed by atoms with Gasteiger partial charge in [-0.3, -0.25) is 0 Å². The predicted octanol–water partition coefficient (Wildman–Crippen LogP) is 5.43. The number of alkyl halides is 1. The first-order chi connectivity index (χ1) is 12.5. The quantitative estimate of drug-likeness (QED) is 0.545. The fraction of sp³-hybridized carbons (Fsp3) is 0.273. The molecule has 0 saturated carbocycles. The van der Waals surface area contributed by atoms with Crippen molar-refractivity contribution in [1.82, 2.24) is 4.98 Å². The molecule has 0 spiro atoms. The van der Waals surface area contributed by atoms with Crippen LogP contribution in [0, 0.1) is 5.41 Å². The zero-order valence-electron chi connectivity index (χ0n) is 15.0. The molecule has 26 heavy (non-hydrogen) atoms. The normalized spacial score (nSPS) is 14.0.